The summed E-state index contributed by atoms with van der Waals surface area (Å²) in [5.41, 5.74) is 2.08. The number of carbonyl (C=O) groups excluding carboxylic acids is 3. The van der Waals surface area contributed by atoms with E-state index in [0.717, 1.165) is 5.69 Å². The van der Waals surface area contributed by atoms with Crippen LogP contribution < -0.4 is 10.2 Å². The number of hydrogen-bond donors (Lipinski definition) is 1. The normalized spacial score (nSPS) is 9.96. The third-order valence-electron chi connectivity index (χ3n) is 3.52. The van der Waals surface area contributed by atoms with Crippen molar-refractivity contribution >= 4 is 29.2 Å². The number of anilines is 2. The Hall–Kier alpha value is -3.35. The van der Waals surface area contributed by atoms with Gasteiger partial charge in [-0.2, -0.15) is 0 Å². The van der Waals surface area contributed by atoms with E-state index in [1.165, 1.54) is 19.2 Å². The van der Waals surface area contributed by atoms with Gasteiger partial charge in [0, 0.05) is 25.5 Å². The van der Waals surface area contributed by atoms with E-state index >= 15 is 0 Å². The van der Waals surface area contributed by atoms with Crippen LogP contribution in [0.1, 0.15) is 20.7 Å². The highest BCUT2D eigenvalue weighted by Gasteiger charge is 2.12. The Morgan fingerprint density at radius 3 is 2.27 bits per heavy atom. The standard InChI is InChI=1S/C19H20N2O5/c1-21(2)16-6-4-5-14(11-16)19(24)26-12-17(22)20-15-9-7-13(8-10-15)18(23)25-3/h4-11H,12H2,1-3H3,(H,20,22). The van der Waals surface area contributed by atoms with Crippen LogP contribution in [-0.2, 0) is 14.3 Å². The molecular formula is C19H20N2O5. The fourth-order valence-electron chi connectivity index (χ4n) is 2.13. The molecule has 0 aromatic heterocycles. The number of benzene rings is 2. The van der Waals surface area contributed by atoms with Crippen LogP contribution in [0.25, 0.3) is 0 Å². The first-order chi connectivity index (χ1) is 12.4. The molecule has 7 heteroatoms. The van der Waals surface area contributed by atoms with Crippen molar-refractivity contribution in [3.63, 3.8) is 0 Å². The van der Waals surface area contributed by atoms with Gasteiger partial charge in [0.05, 0.1) is 18.2 Å². The first-order valence-electron chi connectivity index (χ1n) is 7.83. The molecule has 0 radical (unpaired) electrons. The summed E-state index contributed by atoms with van der Waals surface area (Å²) in [7, 11) is 5.02. The van der Waals surface area contributed by atoms with Crippen molar-refractivity contribution in [3.8, 4) is 0 Å². The zero-order valence-electron chi connectivity index (χ0n) is 14.8. The molecule has 0 aliphatic heterocycles. The summed E-state index contributed by atoms with van der Waals surface area (Å²) in [6, 6.07) is 13.1. The minimum atomic E-state index is -0.579. The van der Waals surface area contributed by atoms with Gasteiger partial charge in [-0.1, -0.05) is 6.07 Å². The molecule has 0 aliphatic rings. The lowest BCUT2D eigenvalue weighted by atomic mass is 10.2. The van der Waals surface area contributed by atoms with Crippen molar-refractivity contribution in [2.24, 2.45) is 0 Å². The lowest BCUT2D eigenvalue weighted by molar-refractivity contribution is -0.119. The quantitative estimate of drug-likeness (QED) is 0.800. The number of methoxy groups -OCH3 is 1. The van der Waals surface area contributed by atoms with E-state index in [4.69, 9.17) is 4.74 Å². The lowest BCUT2D eigenvalue weighted by Crippen LogP contribution is -2.21. The molecule has 2 aromatic rings. The maximum Gasteiger partial charge on any atom is 0.338 e. The van der Waals surface area contributed by atoms with Gasteiger partial charge in [0.1, 0.15) is 0 Å². The third-order valence-corrected chi connectivity index (χ3v) is 3.52. The molecule has 0 heterocycles. The van der Waals surface area contributed by atoms with Crippen LogP contribution in [0.4, 0.5) is 11.4 Å². The molecule has 7 nitrogen and oxygen atoms in total. The Bertz CT molecular complexity index is 800. The molecule has 0 saturated carbocycles. The van der Waals surface area contributed by atoms with Gasteiger partial charge < -0.3 is 19.7 Å². The molecule has 1 amide bonds. The van der Waals surface area contributed by atoms with Crippen LogP contribution in [0.5, 0.6) is 0 Å². The van der Waals surface area contributed by atoms with E-state index in [1.54, 1.807) is 30.3 Å². The predicted octanol–water partition coefficient (Wildman–Crippen LogP) is 2.33. The molecule has 2 rings (SSSR count). The monoisotopic (exact) mass is 356 g/mol. The Balaban J connectivity index is 1.89. The van der Waals surface area contributed by atoms with E-state index in [1.807, 2.05) is 25.1 Å². The Kier molecular flexibility index (Phi) is 6.32. The van der Waals surface area contributed by atoms with E-state index < -0.39 is 24.5 Å². The van der Waals surface area contributed by atoms with Gasteiger partial charge >= 0.3 is 11.9 Å². The summed E-state index contributed by atoms with van der Waals surface area (Å²) in [5.74, 6) is -1.52. The molecule has 1 N–H and O–H groups in total. The van der Waals surface area contributed by atoms with E-state index in [-0.39, 0.29) is 0 Å². The third kappa shape index (κ3) is 5.07. The van der Waals surface area contributed by atoms with Crippen molar-refractivity contribution in [3.05, 3.63) is 59.7 Å². The van der Waals surface area contributed by atoms with Gasteiger partial charge in [-0.3, -0.25) is 4.79 Å². The maximum atomic E-state index is 12.1. The number of esters is 2. The molecule has 0 fully saturated rings. The highest BCUT2D eigenvalue weighted by Crippen LogP contribution is 2.14. The largest absolute Gasteiger partial charge is 0.465 e. The second-order valence-electron chi connectivity index (χ2n) is 5.64. The molecule has 0 aliphatic carbocycles. The number of nitrogens with one attached hydrogen (secondary N) is 1. The lowest BCUT2D eigenvalue weighted by Gasteiger charge is -2.13. The average Bonchev–Trinajstić information content (AvgIpc) is 2.66. The number of rotatable bonds is 6. The maximum absolute atomic E-state index is 12.1. The van der Waals surface area contributed by atoms with Gasteiger partial charge in [-0.25, -0.2) is 9.59 Å². The van der Waals surface area contributed by atoms with Crippen LogP contribution in [0.2, 0.25) is 0 Å². The summed E-state index contributed by atoms with van der Waals surface area (Å²) in [6.07, 6.45) is 0. The first kappa shape index (κ1) is 19.0. The second kappa shape index (κ2) is 8.66. The number of ether oxygens (including phenoxy) is 2. The second-order valence-corrected chi connectivity index (χ2v) is 5.64. The summed E-state index contributed by atoms with van der Waals surface area (Å²) >= 11 is 0. The number of amides is 1. The first-order valence-corrected chi connectivity index (χ1v) is 7.83. The van der Waals surface area contributed by atoms with Crippen LogP contribution >= 0.6 is 0 Å². The van der Waals surface area contributed by atoms with Gasteiger partial charge in [0.15, 0.2) is 6.61 Å². The van der Waals surface area contributed by atoms with Crippen LogP contribution in [0.3, 0.4) is 0 Å². The molecule has 0 saturated heterocycles. The minimum Gasteiger partial charge on any atom is -0.465 e. The predicted molar refractivity (Wildman–Crippen MR) is 97.5 cm³/mol. The van der Waals surface area contributed by atoms with E-state index in [9.17, 15) is 14.4 Å². The topological polar surface area (TPSA) is 84.9 Å². The van der Waals surface area contributed by atoms with E-state index in [0.29, 0.717) is 16.8 Å². The summed E-state index contributed by atoms with van der Waals surface area (Å²) < 4.78 is 9.63. The zero-order valence-corrected chi connectivity index (χ0v) is 14.8. The highest BCUT2D eigenvalue weighted by molar-refractivity contribution is 5.96. The van der Waals surface area contributed by atoms with Crippen molar-refractivity contribution in [2.45, 2.75) is 0 Å². The molecule has 2 aromatic carbocycles. The Labute approximate surface area is 151 Å². The molecule has 0 spiro atoms. The van der Waals surface area contributed by atoms with Crippen molar-refractivity contribution in [2.75, 3.05) is 38.0 Å². The summed E-state index contributed by atoms with van der Waals surface area (Å²) in [6.45, 7) is -0.413. The molecule has 136 valence electrons. The Morgan fingerprint density at radius 2 is 1.65 bits per heavy atom. The molecular weight excluding hydrogens is 336 g/mol. The zero-order chi connectivity index (χ0) is 19.1. The summed E-state index contributed by atoms with van der Waals surface area (Å²) in [5, 5.41) is 2.59. The van der Waals surface area contributed by atoms with Crippen molar-refractivity contribution in [1.82, 2.24) is 0 Å². The van der Waals surface area contributed by atoms with Gasteiger partial charge in [-0.15, -0.1) is 0 Å². The Morgan fingerprint density at radius 1 is 0.962 bits per heavy atom. The average molecular weight is 356 g/mol. The van der Waals surface area contributed by atoms with Gasteiger partial charge in [-0.05, 0) is 42.5 Å². The minimum absolute atomic E-state index is 0.367. The fourth-order valence-corrected chi connectivity index (χ4v) is 2.13. The summed E-state index contributed by atoms with van der Waals surface area (Å²) in [4.78, 5) is 37.2. The number of nitrogens with zero attached hydrogens (tertiary/aromatic N) is 1. The van der Waals surface area contributed by atoms with Crippen molar-refractivity contribution < 1.29 is 23.9 Å². The van der Waals surface area contributed by atoms with Crippen LogP contribution in [0, 0.1) is 0 Å². The number of hydrogen-bond acceptors (Lipinski definition) is 6. The van der Waals surface area contributed by atoms with Crippen LogP contribution in [0.15, 0.2) is 48.5 Å². The van der Waals surface area contributed by atoms with E-state index in [2.05, 4.69) is 10.1 Å². The molecule has 0 atom stereocenters. The fraction of sp³-hybridized carbons (Fsp3) is 0.211. The smallest absolute Gasteiger partial charge is 0.338 e. The SMILES string of the molecule is COC(=O)c1ccc(NC(=O)COC(=O)c2cccc(N(C)C)c2)cc1. The number of carbonyl (C=O) groups is 3. The van der Waals surface area contributed by atoms with Crippen LogP contribution in [-0.4, -0.2) is 45.7 Å². The molecule has 26 heavy (non-hydrogen) atoms. The van der Waals surface area contributed by atoms with Gasteiger partial charge in [0.2, 0.25) is 0 Å². The molecule has 0 bridgehead atoms. The molecule has 0 unspecified atom stereocenters. The van der Waals surface area contributed by atoms with Crippen molar-refractivity contribution in [1.29, 1.82) is 0 Å². The highest BCUT2D eigenvalue weighted by atomic mass is 16.5. The van der Waals surface area contributed by atoms with Gasteiger partial charge in [0.25, 0.3) is 5.91 Å².